The number of aliphatic hydroxyl groups excluding tert-OH is 1. The molecule has 162 valence electrons. The lowest BCUT2D eigenvalue weighted by Gasteiger charge is -2.26. The van der Waals surface area contributed by atoms with Crippen molar-refractivity contribution in [2.45, 2.75) is 33.2 Å². The SMILES string of the molecule is CCCOc1ccc(C2c3c(-c4cc(C)cc(C)c4O)n[nH]c3C(=O)N2CCO)cc1. The van der Waals surface area contributed by atoms with Crippen molar-refractivity contribution in [1.82, 2.24) is 15.1 Å². The van der Waals surface area contributed by atoms with E-state index in [0.29, 0.717) is 29.1 Å². The summed E-state index contributed by atoms with van der Waals surface area (Å²) in [6, 6.07) is 11.0. The van der Waals surface area contributed by atoms with E-state index in [1.807, 2.05) is 50.2 Å². The molecule has 3 aromatic rings. The minimum absolute atomic E-state index is 0.148. The Morgan fingerprint density at radius 3 is 2.61 bits per heavy atom. The summed E-state index contributed by atoms with van der Waals surface area (Å²) in [7, 11) is 0. The van der Waals surface area contributed by atoms with Crippen LogP contribution in [0.1, 0.15) is 52.1 Å². The van der Waals surface area contributed by atoms with E-state index in [4.69, 9.17) is 4.74 Å². The number of nitrogens with one attached hydrogen (secondary N) is 1. The number of phenolic OH excluding ortho intramolecular Hbond substituents is 1. The Morgan fingerprint density at radius 1 is 1.19 bits per heavy atom. The van der Waals surface area contributed by atoms with Gasteiger partial charge in [-0.1, -0.05) is 25.1 Å². The molecule has 0 bridgehead atoms. The van der Waals surface area contributed by atoms with Gasteiger partial charge in [0.15, 0.2) is 0 Å². The molecule has 7 heteroatoms. The van der Waals surface area contributed by atoms with Crippen molar-refractivity contribution in [2.24, 2.45) is 0 Å². The number of amides is 1. The number of aromatic hydroxyl groups is 1. The first-order chi connectivity index (χ1) is 15.0. The molecule has 0 spiro atoms. The molecule has 2 heterocycles. The van der Waals surface area contributed by atoms with Crippen LogP contribution in [0, 0.1) is 13.8 Å². The zero-order valence-corrected chi connectivity index (χ0v) is 18.0. The molecule has 0 saturated carbocycles. The first kappa shape index (κ1) is 20.9. The molecule has 31 heavy (non-hydrogen) atoms. The van der Waals surface area contributed by atoms with Crippen molar-refractivity contribution in [1.29, 1.82) is 0 Å². The Bertz CT molecular complexity index is 1100. The summed E-state index contributed by atoms with van der Waals surface area (Å²) < 4.78 is 5.69. The zero-order chi connectivity index (χ0) is 22.1. The number of aliphatic hydroxyl groups is 1. The van der Waals surface area contributed by atoms with Crippen LogP contribution in [0.25, 0.3) is 11.3 Å². The van der Waals surface area contributed by atoms with E-state index in [2.05, 4.69) is 17.1 Å². The van der Waals surface area contributed by atoms with Crippen molar-refractivity contribution >= 4 is 5.91 Å². The predicted molar refractivity (Wildman–Crippen MR) is 117 cm³/mol. The van der Waals surface area contributed by atoms with Crippen molar-refractivity contribution in [2.75, 3.05) is 19.8 Å². The van der Waals surface area contributed by atoms with Crippen LogP contribution in [0.2, 0.25) is 0 Å². The Balaban J connectivity index is 1.83. The summed E-state index contributed by atoms with van der Waals surface area (Å²) >= 11 is 0. The molecule has 4 rings (SSSR count). The fourth-order valence-corrected chi connectivity index (χ4v) is 4.19. The number of fused-ring (bicyclic) bond motifs is 1. The van der Waals surface area contributed by atoms with Gasteiger partial charge >= 0.3 is 0 Å². The van der Waals surface area contributed by atoms with Crippen LogP contribution in [0.3, 0.4) is 0 Å². The highest BCUT2D eigenvalue weighted by molar-refractivity contribution is 6.00. The number of phenols is 1. The van der Waals surface area contributed by atoms with E-state index < -0.39 is 6.04 Å². The second-order valence-corrected chi connectivity index (χ2v) is 7.88. The molecule has 1 amide bonds. The second kappa shape index (κ2) is 8.43. The third-order valence-electron chi connectivity index (χ3n) is 5.57. The van der Waals surface area contributed by atoms with Gasteiger partial charge in [0, 0.05) is 17.7 Å². The van der Waals surface area contributed by atoms with Crippen molar-refractivity contribution < 1.29 is 19.7 Å². The van der Waals surface area contributed by atoms with Gasteiger partial charge in [-0.2, -0.15) is 5.10 Å². The number of rotatable bonds is 7. The first-order valence-electron chi connectivity index (χ1n) is 10.5. The van der Waals surface area contributed by atoms with Crippen LogP contribution < -0.4 is 4.74 Å². The molecule has 3 N–H and O–H groups in total. The third-order valence-corrected chi connectivity index (χ3v) is 5.57. The fourth-order valence-electron chi connectivity index (χ4n) is 4.19. The molecule has 0 saturated heterocycles. The van der Waals surface area contributed by atoms with E-state index in [-0.39, 0.29) is 24.8 Å². The van der Waals surface area contributed by atoms with Crippen LogP contribution >= 0.6 is 0 Å². The largest absolute Gasteiger partial charge is 0.507 e. The van der Waals surface area contributed by atoms with Gasteiger partial charge in [-0.25, -0.2) is 0 Å². The molecule has 1 aliphatic heterocycles. The number of ether oxygens (including phenoxy) is 1. The lowest BCUT2D eigenvalue weighted by atomic mass is 9.94. The van der Waals surface area contributed by atoms with Crippen molar-refractivity contribution in [3.63, 3.8) is 0 Å². The second-order valence-electron chi connectivity index (χ2n) is 7.88. The maximum Gasteiger partial charge on any atom is 0.273 e. The third kappa shape index (κ3) is 3.65. The molecular weight excluding hydrogens is 394 g/mol. The molecule has 0 fully saturated rings. The van der Waals surface area contributed by atoms with E-state index in [1.54, 1.807) is 4.90 Å². The van der Waals surface area contributed by atoms with Crippen LogP contribution in [0.4, 0.5) is 0 Å². The highest BCUT2D eigenvalue weighted by Gasteiger charge is 2.42. The number of aromatic amines is 1. The number of nitrogens with zero attached hydrogens (tertiary/aromatic N) is 2. The Morgan fingerprint density at radius 2 is 1.94 bits per heavy atom. The number of benzene rings is 2. The lowest BCUT2D eigenvalue weighted by Crippen LogP contribution is -2.32. The smallest absolute Gasteiger partial charge is 0.273 e. The van der Waals surface area contributed by atoms with Gasteiger partial charge < -0.3 is 19.8 Å². The van der Waals surface area contributed by atoms with Gasteiger partial charge in [0.25, 0.3) is 5.91 Å². The Labute approximate surface area is 181 Å². The van der Waals surface area contributed by atoms with E-state index in [1.165, 1.54) is 0 Å². The standard InChI is InChI=1S/C24H27N3O4/c1-4-11-31-17-7-5-16(6-8-17)22-19-20(18-13-14(2)12-15(3)23(18)29)25-26-21(19)24(30)27(22)9-10-28/h5-8,12-13,22,28-29H,4,9-11H2,1-3H3,(H,25,26). The monoisotopic (exact) mass is 421 g/mol. The molecule has 1 aromatic heterocycles. The van der Waals surface area contributed by atoms with E-state index in [9.17, 15) is 15.0 Å². The maximum atomic E-state index is 13.1. The molecular formula is C24H27N3O4. The van der Waals surface area contributed by atoms with Crippen LogP contribution in [-0.2, 0) is 0 Å². The number of hydrogen-bond acceptors (Lipinski definition) is 5. The number of aryl methyl sites for hydroxylation is 2. The first-order valence-corrected chi connectivity index (χ1v) is 10.5. The minimum atomic E-state index is -0.427. The predicted octanol–water partition coefficient (Wildman–Crippen LogP) is 3.73. The van der Waals surface area contributed by atoms with Crippen molar-refractivity contribution in [3.8, 4) is 22.8 Å². The quantitative estimate of drug-likeness (QED) is 0.540. The van der Waals surface area contributed by atoms with Crippen LogP contribution in [-0.4, -0.2) is 51.0 Å². The molecule has 0 aliphatic carbocycles. The summed E-state index contributed by atoms with van der Waals surface area (Å²) in [6.45, 7) is 6.53. The summed E-state index contributed by atoms with van der Waals surface area (Å²) in [5.41, 5.74) is 4.85. The minimum Gasteiger partial charge on any atom is -0.507 e. The van der Waals surface area contributed by atoms with Gasteiger partial charge in [0.2, 0.25) is 0 Å². The number of β-amino-alcohol motifs (C(OH)–C–C–N with tert-alkyl or cyclic N) is 1. The lowest BCUT2D eigenvalue weighted by molar-refractivity contribution is 0.0706. The highest BCUT2D eigenvalue weighted by atomic mass is 16.5. The molecule has 2 aromatic carbocycles. The Hall–Kier alpha value is -3.32. The molecule has 1 unspecified atom stereocenters. The Kier molecular flexibility index (Phi) is 5.69. The summed E-state index contributed by atoms with van der Waals surface area (Å²) in [5.74, 6) is 0.696. The number of carbonyl (C=O) groups excluding carboxylic acids is 1. The number of carbonyl (C=O) groups is 1. The highest BCUT2D eigenvalue weighted by Crippen LogP contribution is 2.45. The molecule has 1 aliphatic rings. The van der Waals surface area contributed by atoms with Gasteiger partial charge in [-0.3, -0.25) is 9.89 Å². The average molecular weight is 421 g/mol. The summed E-state index contributed by atoms with van der Waals surface area (Å²) in [5, 5.41) is 27.6. The van der Waals surface area contributed by atoms with Crippen molar-refractivity contribution in [3.05, 3.63) is 64.3 Å². The molecule has 1 atom stereocenters. The molecule has 0 radical (unpaired) electrons. The summed E-state index contributed by atoms with van der Waals surface area (Å²) in [4.78, 5) is 14.7. The topological polar surface area (TPSA) is 98.7 Å². The van der Waals surface area contributed by atoms with Crippen LogP contribution in [0.15, 0.2) is 36.4 Å². The molecule has 7 nitrogen and oxygen atoms in total. The number of hydrogen-bond donors (Lipinski definition) is 3. The normalized spacial score (nSPS) is 15.4. The van der Waals surface area contributed by atoms with E-state index >= 15 is 0 Å². The number of aromatic nitrogens is 2. The van der Waals surface area contributed by atoms with Gasteiger partial charge in [-0.05, 0) is 55.2 Å². The fraction of sp³-hybridized carbons (Fsp3) is 0.333. The number of H-pyrrole nitrogens is 1. The maximum absolute atomic E-state index is 13.1. The summed E-state index contributed by atoms with van der Waals surface area (Å²) in [6.07, 6.45) is 0.921. The zero-order valence-electron chi connectivity index (χ0n) is 18.0. The van der Waals surface area contributed by atoms with Crippen LogP contribution in [0.5, 0.6) is 11.5 Å². The van der Waals surface area contributed by atoms with Gasteiger partial charge in [0.1, 0.15) is 22.9 Å². The van der Waals surface area contributed by atoms with Gasteiger partial charge in [0.05, 0.1) is 19.3 Å². The average Bonchev–Trinajstić information content (AvgIpc) is 3.29. The van der Waals surface area contributed by atoms with E-state index in [0.717, 1.165) is 28.9 Å². The van der Waals surface area contributed by atoms with Gasteiger partial charge in [-0.15, -0.1) is 0 Å².